The monoisotopic (exact) mass is 339 g/mol. The van der Waals surface area contributed by atoms with Gasteiger partial charge in [-0.05, 0) is 30.3 Å². The van der Waals surface area contributed by atoms with E-state index in [-0.39, 0.29) is 0 Å². The van der Waals surface area contributed by atoms with E-state index in [9.17, 15) is 5.26 Å². The van der Waals surface area contributed by atoms with Crippen molar-refractivity contribution in [2.75, 3.05) is 0 Å². The van der Waals surface area contributed by atoms with Crippen LogP contribution in [0, 0.1) is 11.3 Å². The number of allylic oxidation sites excluding steroid dienone is 1. The van der Waals surface area contributed by atoms with Crippen molar-refractivity contribution in [3.8, 4) is 17.4 Å². The zero-order valence-corrected chi connectivity index (χ0v) is 13.5. The molecule has 2 nitrogen and oxygen atoms in total. The van der Waals surface area contributed by atoms with Gasteiger partial charge in [-0.1, -0.05) is 59.6 Å². The molecule has 0 aliphatic carbocycles. The Hall–Kier alpha value is -2.47. The molecule has 0 N–H and O–H groups in total. The summed E-state index contributed by atoms with van der Waals surface area (Å²) in [7, 11) is 0. The van der Waals surface area contributed by atoms with Gasteiger partial charge >= 0.3 is 0 Å². The largest absolute Gasteiger partial charge is 0.457 e. The minimum atomic E-state index is 0.417. The Morgan fingerprint density at radius 2 is 1.78 bits per heavy atom. The highest BCUT2D eigenvalue weighted by atomic mass is 35.5. The van der Waals surface area contributed by atoms with Crippen LogP contribution in [0.25, 0.3) is 23.0 Å². The Balaban J connectivity index is 1.97. The van der Waals surface area contributed by atoms with Crippen molar-refractivity contribution in [3.05, 3.63) is 82.0 Å². The maximum atomic E-state index is 9.41. The van der Waals surface area contributed by atoms with Gasteiger partial charge in [0.2, 0.25) is 0 Å². The second-order valence-electron chi connectivity index (χ2n) is 4.86. The highest BCUT2D eigenvalue weighted by Gasteiger charge is 2.09. The van der Waals surface area contributed by atoms with Gasteiger partial charge in [-0.3, -0.25) is 0 Å². The Morgan fingerprint density at radius 3 is 2.48 bits per heavy atom. The number of benzene rings is 2. The van der Waals surface area contributed by atoms with Crippen molar-refractivity contribution in [1.29, 1.82) is 5.26 Å². The Morgan fingerprint density at radius 1 is 1.00 bits per heavy atom. The van der Waals surface area contributed by atoms with Crippen LogP contribution in [-0.4, -0.2) is 0 Å². The normalized spacial score (nSPS) is 11.3. The number of rotatable bonds is 3. The van der Waals surface area contributed by atoms with Gasteiger partial charge in [0, 0.05) is 16.1 Å². The number of hydrogen-bond donors (Lipinski definition) is 0. The molecule has 1 aromatic heterocycles. The first-order valence-electron chi connectivity index (χ1n) is 6.90. The van der Waals surface area contributed by atoms with Gasteiger partial charge in [-0.2, -0.15) is 5.26 Å². The van der Waals surface area contributed by atoms with E-state index in [0.29, 0.717) is 26.9 Å². The highest BCUT2D eigenvalue weighted by Crippen LogP contribution is 2.29. The zero-order chi connectivity index (χ0) is 16.2. The summed E-state index contributed by atoms with van der Waals surface area (Å²) in [6.07, 6.45) is 1.67. The second kappa shape index (κ2) is 6.75. The van der Waals surface area contributed by atoms with Gasteiger partial charge in [-0.25, -0.2) is 0 Å². The third-order valence-electron chi connectivity index (χ3n) is 3.31. The average molecular weight is 340 g/mol. The Bertz CT molecular complexity index is 905. The third-order valence-corrected chi connectivity index (χ3v) is 3.86. The fourth-order valence-corrected chi connectivity index (χ4v) is 2.72. The van der Waals surface area contributed by atoms with Gasteiger partial charge in [0.05, 0.1) is 16.7 Å². The summed E-state index contributed by atoms with van der Waals surface area (Å²) >= 11 is 12.1. The molecule has 0 spiro atoms. The van der Waals surface area contributed by atoms with Gasteiger partial charge in [0.1, 0.15) is 11.5 Å². The summed E-state index contributed by atoms with van der Waals surface area (Å²) in [6, 6.07) is 20.7. The second-order valence-corrected chi connectivity index (χ2v) is 5.71. The molecule has 4 heteroatoms. The van der Waals surface area contributed by atoms with Gasteiger partial charge in [0.25, 0.3) is 0 Å². The quantitative estimate of drug-likeness (QED) is 0.523. The van der Waals surface area contributed by atoms with Crippen molar-refractivity contribution in [1.82, 2.24) is 0 Å². The molecular formula is C19H11Cl2NO. The molecule has 0 saturated heterocycles. The molecule has 3 rings (SSSR count). The molecule has 112 valence electrons. The predicted octanol–water partition coefficient (Wildman–Crippen LogP) is 6.32. The van der Waals surface area contributed by atoms with Gasteiger partial charge < -0.3 is 4.42 Å². The number of halogens is 2. The predicted molar refractivity (Wildman–Crippen MR) is 94.1 cm³/mol. The Labute approximate surface area is 144 Å². The van der Waals surface area contributed by atoms with E-state index in [1.165, 1.54) is 0 Å². The number of nitriles is 1. The molecule has 0 unspecified atom stereocenters. The minimum absolute atomic E-state index is 0.417. The van der Waals surface area contributed by atoms with Crippen LogP contribution >= 0.6 is 23.2 Å². The van der Waals surface area contributed by atoms with Crippen LogP contribution < -0.4 is 0 Å². The molecule has 0 aliphatic rings. The lowest BCUT2D eigenvalue weighted by Gasteiger charge is -2.02. The Kier molecular flexibility index (Phi) is 4.52. The summed E-state index contributed by atoms with van der Waals surface area (Å²) in [6.45, 7) is 0. The van der Waals surface area contributed by atoms with Crippen LogP contribution in [0.3, 0.4) is 0 Å². The first kappa shape index (κ1) is 15.4. The summed E-state index contributed by atoms with van der Waals surface area (Å²) in [5.41, 5.74) is 2.02. The molecule has 0 saturated carbocycles. The molecule has 2 aromatic carbocycles. The lowest BCUT2D eigenvalue weighted by molar-refractivity contribution is 0.572. The van der Waals surface area contributed by atoms with E-state index < -0.39 is 0 Å². The van der Waals surface area contributed by atoms with Crippen molar-refractivity contribution in [2.45, 2.75) is 0 Å². The molecule has 0 amide bonds. The lowest BCUT2D eigenvalue weighted by atomic mass is 10.1. The lowest BCUT2D eigenvalue weighted by Crippen LogP contribution is -1.83. The van der Waals surface area contributed by atoms with Gasteiger partial charge in [-0.15, -0.1) is 0 Å². The molecule has 0 bridgehead atoms. The number of furan rings is 1. The molecule has 1 heterocycles. The first-order chi connectivity index (χ1) is 11.2. The highest BCUT2D eigenvalue weighted by molar-refractivity contribution is 6.36. The number of hydrogen-bond acceptors (Lipinski definition) is 2. The van der Waals surface area contributed by atoms with Crippen molar-refractivity contribution in [2.24, 2.45) is 0 Å². The molecule has 0 atom stereocenters. The van der Waals surface area contributed by atoms with Crippen LogP contribution in [0.2, 0.25) is 10.0 Å². The minimum Gasteiger partial charge on any atom is -0.457 e. The SMILES string of the molecule is N#CC(=Cc1ccc(-c2ccccc2)o1)c1ccc(Cl)cc1Cl. The van der Waals surface area contributed by atoms with E-state index in [0.717, 1.165) is 11.3 Å². The molecule has 0 radical (unpaired) electrons. The van der Waals surface area contributed by atoms with E-state index in [1.54, 1.807) is 24.3 Å². The summed E-state index contributed by atoms with van der Waals surface area (Å²) < 4.78 is 5.79. The van der Waals surface area contributed by atoms with Crippen LogP contribution in [0.15, 0.2) is 65.1 Å². The average Bonchev–Trinajstić information content (AvgIpc) is 3.03. The zero-order valence-electron chi connectivity index (χ0n) is 12.0. The van der Waals surface area contributed by atoms with Crippen LogP contribution in [0.5, 0.6) is 0 Å². The van der Waals surface area contributed by atoms with Crippen LogP contribution in [-0.2, 0) is 0 Å². The maximum absolute atomic E-state index is 9.41. The van der Waals surface area contributed by atoms with Gasteiger partial charge in [0.15, 0.2) is 0 Å². The topological polar surface area (TPSA) is 36.9 Å². The first-order valence-corrected chi connectivity index (χ1v) is 7.65. The number of nitrogens with zero attached hydrogens (tertiary/aromatic N) is 1. The summed E-state index contributed by atoms with van der Waals surface area (Å²) in [5, 5.41) is 10.4. The van der Waals surface area contributed by atoms with Crippen LogP contribution in [0.1, 0.15) is 11.3 Å². The fraction of sp³-hybridized carbons (Fsp3) is 0. The molecule has 0 aliphatic heterocycles. The summed E-state index contributed by atoms with van der Waals surface area (Å²) in [5.74, 6) is 1.34. The van der Waals surface area contributed by atoms with Crippen molar-refractivity contribution >= 4 is 34.9 Å². The standard InChI is InChI=1S/C19H11Cl2NO/c20-15-6-8-17(18(21)11-15)14(12-22)10-16-7-9-19(23-16)13-4-2-1-3-5-13/h1-11H. The smallest absolute Gasteiger partial charge is 0.134 e. The van der Waals surface area contributed by atoms with Crippen molar-refractivity contribution < 1.29 is 4.42 Å². The van der Waals surface area contributed by atoms with E-state index >= 15 is 0 Å². The summed E-state index contributed by atoms with van der Waals surface area (Å²) in [4.78, 5) is 0. The maximum Gasteiger partial charge on any atom is 0.134 e. The van der Waals surface area contributed by atoms with E-state index in [4.69, 9.17) is 27.6 Å². The van der Waals surface area contributed by atoms with Crippen molar-refractivity contribution in [3.63, 3.8) is 0 Å². The molecular weight excluding hydrogens is 329 g/mol. The molecule has 0 fully saturated rings. The molecule has 23 heavy (non-hydrogen) atoms. The third kappa shape index (κ3) is 3.48. The van der Waals surface area contributed by atoms with Crippen LogP contribution in [0.4, 0.5) is 0 Å². The fourth-order valence-electron chi connectivity index (χ4n) is 2.21. The van der Waals surface area contributed by atoms with E-state index in [1.807, 2.05) is 42.5 Å². The van der Waals surface area contributed by atoms with E-state index in [2.05, 4.69) is 6.07 Å². The molecule has 3 aromatic rings.